The van der Waals surface area contributed by atoms with Crippen LogP contribution in [0.25, 0.3) is 0 Å². The lowest BCUT2D eigenvalue weighted by atomic mass is 10.3. The fourth-order valence-corrected chi connectivity index (χ4v) is 0.850. The summed E-state index contributed by atoms with van der Waals surface area (Å²) in [6.45, 7) is 0.571. The third-order valence-corrected chi connectivity index (χ3v) is 1.56. The Hall–Kier alpha value is -1.62. The second kappa shape index (κ2) is 5.18. The zero-order valence-corrected chi connectivity index (χ0v) is 7.80. The maximum absolute atomic E-state index is 11.2. The Morgan fingerprint density at radius 3 is 2.64 bits per heavy atom. The molecular weight excluding hydrogens is 186 g/mol. The number of aromatic nitrogens is 1. The highest BCUT2D eigenvalue weighted by Crippen LogP contribution is 1.97. The summed E-state index contributed by atoms with van der Waals surface area (Å²) < 4.78 is 10.2. The van der Waals surface area contributed by atoms with Crippen molar-refractivity contribution in [1.29, 1.82) is 0 Å². The molecule has 0 spiro atoms. The maximum atomic E-state index is 11.2. The molecule has 5 nitrogen and oxygen atoms in total. The van der Waals surface area contributed by atoms with E-state index in [2.05, 4.69) is 0 Å². The molecule has 0 saturated carbocycles. The summed E-state index contributed by atoms with van der Waals surface area (Å²) in [7, 11) is 1.52. The van der Waals surface area contributed by atoms with Crippen molar-refractivity contribution in [2.24, 2.45) is 0 Å². The predicted molar refractivity (Wildman–Crippen MR) is 47.6 cm³/mol. The Kier molecular flexibility index (Phi) is 3.87. The molecule has 0 aliphatic heterocycles. The predicted octanol–water partition coefficient (Wildman–Crippen LogP) is 0.123. The number of esters is 1. The van der Waals surface area contributed by atoms with Crippen LogP contribution >= 0.6 is 0 Å². The normalized spacial score (nSPS) is 9.79. The maximum Gasteiger partial charge on any atom is 0.338 e. The summed E-state index contributed by atoms with van der Waals surface area (Å²) in [5.74, 6) is -0.456. The highest BCUT2D eigenvalue weighted by molar-refractivity contribution is 5.88. The largest absolute Gasteiger partial charge is 0.619 e. The van der Waals surface area contributed by atoms with E-state index in [1.807, 2.05) is 0 Å². The minimum absolute atomic E-state index is 0.210. The molecule has 0 bridgehead atoms. The van der Waals surface area contributed by atoms with Crippen molar-refractivity contribution in [1.82, 2.24) is 0 Å². The van der Waals surface area contributed by atoms with E-state index < -0.39 is 5.97 Å². The molecule has 1 aromatic heterocycles. The van der Waals surface area contributed by atoms with Crippen molar-refractivity contribution in [2.45, 2.75) is 0 Å². The van der Waals surface area contributed by atoms with Crippen LogP contribution in [0.4, 0.5) is 0 Å². The van der Waals surface area contributed by atoms with Crippen LogP contribution in [0.1, 0.15) is 10.4 Å². The fourth-order valence-electron chi connectivity index (χ4n) is 0.850. The van der Waals surface area contributed by atoms with Gasteiger partial charge < -0.3 is 14.7 Å². The van der Waals surface area contributed by atoms with E-state index in [0.29, 0.717) is 16.9 Å². The number of carbonyl (C=O) groups is 1. The fraction of sp³-hybridized carbons (Fsp3) is 0.333. The number of pyridine rings is 1. The first-order valence-corrected chi connectivity index (χ1v) is 4.09. The number of hydrogen-bond acceptors (Lipinski definition) is 4. The number of methoxy groups -OCH3 is 1. The van der Waals surface area contributed by atoms with Crippen LogP contribution < -0.4 is 4.73 Å². The van der Waals surface area contributed by atoms with Gasteiger partial charge in [0.15, 0.2) is 12.4 Å². The molecule has 5 heteroatoms. The molecule has 14 heavy (non-hydrogen) atoms. The molecule has 0 atom stereocenters. The average Bonchev–Trinajstić information content (AvgIpc) is 2.19. The Morgan fingerprint density at radius 1 is 1.43 bits per heavy atom. The first-order valence-electron chi connectivity index (χ1n) is 4.09. The van der Waals surface area contributed by atoms with Gasteiger partial charge in [0, 0.05) is 19.2 Å². The highest BCUT2D eigenvalue weighted by atomic mass is 16.6. The average molecular weight is 197 g/mol. The molecule has 1 heterocycles. The van der Waals surface area contributed by atoms with Gasteiger partial charge in [-0.05, 0) is 0 Å². The molecule has 0 amide bonds. The molecule has 0 fully saturated rings. The van der Waals surface area contributed by atoms with Crippen LogP contribution in [0.3, 0.4) is 0 Å². The molecule has 0 aliphatic carbocycles. The summed E-state index contributed by atoms with van der Waals surface area (Å²) in [5, 5.41) is 10.6. The van der Waals surface area contributed by atoms with Crippen molar-refractivity contribution >= 4 is 5.97 Å². The molecular formula is C9H11NO4. The first kappa shape index (κ1) is 10.5. The van der Waals surface area contributed by atoms with Crippen molar-refractivity contribution in [2.75, 3.05) is 20.3 Å². The van der Waals surface area contributed by atoms with E-state index >= 15 is 0 Å². The zero-order chi connectivity index (χ0) is 10.4. The Labute approximate surface area is 81.5 Å². The SMILES string of the molecule is COCCOC(=O)c1cc[n+]([O-])cc1. The quantitative estimate of drug-likeness (QED) is 0.298. The number of rotatable bonds is 4. The summed E-state index contributed by atoms with van der Waals surface area (Å²) in [4.78, 5) is 11.2. The van der Waals surface area contributed by atoms with Gasteiger partial charge in [-0.1, -0.05) is 0 Å². The van der Waals surface area contributed by atoms with E-state index in [0.717, 1.165) is 0 Å². The van der Waals surface area contributed by atoms with E-state index in [9.17, 15) is 10.0 Å². The monoisotopic (exact) mass is 197 g/mol. The summed E-state index contributed by atoms with van der Waals surface area (Å²) in [6, 6.07) is 2.81. The standard InChI is InChI=1S/C9H11NO4/c1-13-6-7-14-9(11)8-2-4-10(12)5-3-8/h2-5H,6-7H2,1H3. The van der Waals surface area contributed by atoms with Gasteiger partial charge in [0.05, 0.1) is 12.2 Å². The van der Waals surface area contributed by atoms with Crippen molar-refractivity contribution in [3.05, 3.63) is 35.3 Å². The number of hydrogen-bond donors (Lipinski definition) is 0. The van der Waals surface area contributed by atoms with E-state index in [-0.39, 0.29) is 6.61 Å². The second-order valence-corrected chi connectivity index (χ2v) is 2.58. The third kappa shape index (κ3) is 3.02. The van der Waals surface area contributed by atoms with Gasteiger partial charge in [0.25, 0.3) is 0 Å². The van der Waals surface area contributed by atoms with Gasteiger partial charge in [0.2, 0.25) is 0 Å². The summed E-state index contributed by atoms with van der Waals surface area (Å²) in [6.07, 6.45) is 2.49. The minimum Gasteiger partial charge on any atom is -0.619 e. The smallest absolute Gasteiger partial charge is 0.338 e. The Balaban J connectivity index is 2.48. The topological polar surface area (TPSA) is 62.5 Å². The second-order valence-electron chi connectivity index (χ2n) is 2.58. The van der Waals surface area contributed by atoms with Gasteiger partial charge in [-0.2, -0.15) is 4.73 Å². The van der Waals surface area contributed by atoms with Crippen LogP contribution in [0.5, 0.6) is 0 Å². The molecule has 0 unspecified atom stereocenters. The van der Waals surface area contributed by atoms with Gasteiger partial charge >= 0.3 is 5.97 Å². The molecule has 76 valence electrons. The van der Waals surface area contributed by atoms with Crippen molar-refractivity contribution in [3.8, 4) is 0 Å². The Bertz CT molecular complexity index is 296. The van der Waals surface area contributed by atoms with E-state index in [1.54, 1.807) is 0 Å². The van der Waals surface area contributed by atoms with Crippen LogP contribution in [0.2, 0.25) is 0 Å². The lowest BCUT2D eigenvalue weighted by Gasteiger charge is -2.03. The molecule has 0 aromatic carbocycles. The van der Waals surface area contributed by atoms with Gasteiger partial charge in [0.1, 0.15) is 6.61 Å². The van der Waals surface area contributed by atoms with Crippen molar-refractivity contribution < 1.29 is 19.0 Å². The highest BCUT2D eigenvalue weighted by Gasteiger charge is 2.07. The summed E-state index contributed by atoms with van der Waals surface area (Å²) >= 11 is 0. The van der Waals surface area contributed by atoms with Crippen LogP contribution in [-0.4, -0.2) is 26.3 Å². The van der Waals surface area contributed by atoms with Crippen LogP contribution in [0, 0.1) is 5.21 Å². The molecule has 0 aliphatic rings. The van der Waals surface area contributed by atoms with Gasteiger partial charge in [-0.3, -0.25) is 0 Å². The Morgan fingerprint density at radius 2 is 2.07 bits per heavy atom. The summed E-state index contributed by atoms with van der Waals surface area (Å²) in [5.41, 5.74) is 0.355. The van der Waals surface area contributed by atoms with Gasteiger partial charge in [-0.15, -0.1) is 0 Å². The number of ether oxygens (including phenoxy) is 2. The van der Waals surface area contributed by atoms with E-state index in [1.165, 1.54) is 31.6 Å². The van der Waals surface area contributed by atoms with E-state index in [4.69, 9.17) is 9.47 Å². The lowest BCUT2D eigenvalue weighted by Crippen LogP contribution is -2.24. The van der Waals surface area contributed by atoms with Crippen molar-refractivity contribution in [3.63, 3.8) is 0 Å². The van der Waals surface area contributed by atoms with Gasteiger partial charge in [-0.25, -0.2) is 4.79 Å². The van der Waals surface area contributed by atoms with Crippen LogP contribution in [-0.2, 0) is 9.47 Å². The molecule has 1 rings (SSSR count). The molecule has 0 saturated heterocycles. The van der Waals surface area contributed by atoms with Crippen LogP contribution in [0.15, 0.2) is 24.5 Å². The lowest BCUT2D eigenvalue weighted by molar-refractivity contribution is -0.605. The minimum atomic E-state index is -0.456. The number of carbonyl (C=O) groups excluding carboxylic acids is 1. The molecule has 0 radical (unpaired) electrons. The number of nitrogens with zero attached hydrogens (tertiary/aromatic N) is 1. The first-order chi connectivity index (χ1) is 6.74. The third-order valence-electron chi connectivity index (χ3n) is 1.56. The molecule has 1 aromatic rings. The molecule has 0 N–H and O–H groups in total. The zero-order valence-electron chi connectivity index (χ0n) is 7.80.